The summed E-state index contributed by atoms with van der Waals surface area (Å²) in [6, 6.07) is 1.75. The van der Waals surface area contributed by atoms with E-state index in [1.165, 1.54) is 12.7 Å². The molecule has 1 saturated heterocycles. The fourth-order valence-corrected chi connectivity index (χ4v) is 2.28. The highest BCUT2D eigenvalue weighted by atomic mass is 16.5. The first-order chi connectivity index (χ1) is 8.86. The molecule has 0 saturated carbocycles. The number of aromatic nitrogens is 4. The molecule has 0 amide bonds. The van der Waals surface area contributed by atoms with E-state index in [0.29, 0.717) is 23.4 Å². The minimum Gasteiger partial charge on any atom is -0.364 e. The monoisotopic (exact) mass is 248 g/mol. The third-order valence-electron chi connectivity index (χ3n) is 3.29. The van der Waals surface area contributed by atoms with Gasteiger partial charge in [0.15, 0.2) is 11.5 Å². The van der Waals surface area contributed by atoms with Crippen LogP contribution in [0.1, 0.15) is 12.8 Å². The first kappa shape index (κ1) is 11.2. The fourth-order valence-electron chi connectivity index (χ4n) is 2.28. The average molecular weight is 248 g/mol. The summed E-state index contributed by atoms with van der Waals surface area (Å²) >= 11 is 0. The van der Waals surface area contributed by atoms with Gasteiger partial charge >= 0.3 is 0 Å². The van der Waals surface area contributed by atoms with Crippen LogP contribution in [0.4, 0.5) is 5.95 Å². The maximum absolute atomic E-state index is 5.73. The topological polar surface area (TPSA) is 96.9 Å². The summed E-state index contributed by atoms with van der Waals surface area (Å²) in [7, 11) is 0. The summed E-state index contributed by atoms with van der Waals surface area (Å²) in [4.78, 5) is 6.61. The van der Waals surface area contributed by atoms with E-state index in [1.54, 1.807) is 6.07 Å². The molecule has 3 N–H and O–H groups in total. The van der Waals surface area contributed by atoms with Crippen LogP contribution in [-0.4, -0.2) is 40.0 Å². The summed E-state index contributed by atoms with van der Waals surface area (Å²) < 4.78 is 4.79. The van der Waals surface area contributed by atoms with E-state index in [4.69, 9.17) is 10.3 Å². The molecule has 1 aliphatic heterocycles. The van der Waals surface area contributed by atoms with E-state index in [2.05, 4.69) is 25.2 Å². The summed E-state index contributed by atoms with van der Waals surface area (Å²) in [6.07, 6.45) is 3.84. The van der Waals surface area contributed by atoms with Crippen LogP contribution in [0.2, 0.25) is 0 Å². The van der Waals surface area contributed by atoms with Gasteiger partial charge in [0, 0.05) is 19.2 Å². The van der Waals surface area contributed by atoms with Crippen LogP contribution in [-0.2, 0) is 0 Å². The third-order valence-corrected chi connectivity index (χ3v) is 3.29. The molecule has 2 aromatic rings. The van der Waals surface area contributed by atoms with Gasteiger partial charge in [-0.05, 0) is 25.3 Å². The highest BCUT2D eigenvalue weighted by Crippen LogP contribution is 2.21. The lowest BCUT2D eigenvalue weighted by atomic mass is 9.99. The molecule has 0 aliphatic carbocycles. The van der Waals surface area contributed by atoms with Gasteiger partial charge < -0.3 is 15.2 Å². The van der Waals surface area contributed by atoms with E-state index >= 15 is 0 Å². The number of hydrogen-bond acceptors (Lipinski definition) is 6. The van der Waals surface area contributed by atoms with Gasteiger partial charge in [0.2, 0.25) is 5.95 Å². The van der Waals surface area contributed by atoms with Crippen LogP contribution in [0.15, 0.2) is 16.9 Å². The molecule has 18 heavy (non-hydrogen) atoms. The van der Waals surface area contributed by atoms with Crippen molar-refractivity contribution in [2.24, 2.45) is 11.7 Å². The molecule has 0 bridgehead atoms. The first-order valence-corrected chi connectivity index (χ1v) is 6.15. The van der Waals surface area contributed by atoms with Gasteiger partial charge in [-0.3, -0.25) is 5.10 Å². The molecular weight excluding hydrogens is 232 g/mol. The average Bonchev–Trinajstić information content (AvgIpc) is 3.09. The second-order valence-corrected chi connectivity index (χ2v) is 4.56. The lowest BCUT2D eigenvalue weighted by molar-refractivity contribution is 0.419. The summed E-state index contributed by atoms with van der Waals surface area (Å²) in [5, 5.41) is 10.9. The zero-order valence-electron chi connectivity index (χ0n) is 10.0. The largest absolute Gasteiger partial charge is 0.364 e. The Kier molecular flexibility index (Phi) is 2.97. The van der Waals surface area contributed by atoms with Gasteiger partial charge in [0.05, 0.1) is 0 Å². The number of piperidine rings is 1. The van der Waals surface area contributed by atoms with Crippen molar-refractivity contribution >= 4 is 5.95 Å². The van der Waals surface area contributed by atoms with E-state index in [-0.39, 0.29) is 0 Å². The molecule has 3 rings (SSSR count). The Morgan fingerprint density at radius 2 is 2.50 bits per heavy atom. The minimum absolute atomic E-state index is 0.535. The van der Waals surface area contributed by atoms with Gasteiger partial charge in [-0.15, -0.1) is 5.10 Å². The van der Waals surface area contributed by atoms with Crippen LogP contribution < -0.4 is 10.6 Å². The van der Waals surface area contributed by atoms with Gasteiger partial charge in [-0.2, -0.15) is 4.98 Å². The highest BCUT2D eigenvalue weighted by Gasteiger charge is 2.22. The first-order valence-electron chi connectivity index (χ1n) is 6.15. The molecule has 0 spiro atoms. The van der Waals surface area contributed by atoms with Crippen LogP contribution in [0, 0.1) is 5.92 Å². The maximum Gasteiger partial charge on any atom is 0.245 e. The molecule has 0 radical (unpaired) electrons. The van der Waals surface area contributed by atoms with E-state index in [0.717, 1.165) is 26.1 Å². The van der Waals surface area contributed by atoms with Gasteiger partial charge in [0.1, 0.15) is 6.26 Å². The number of rotatable bonds is 3. The van der Waals surface area contributed by atoms with Crippen molar-refractivity contribution in [2.45, 2.75) is 12.8 Å². The highest BCUT2D eigenvalue weighted by molar-refractivity contribution is 5.49. The molecule has 1 aliphatic rings. The Labute approximate surface area is 104 Å². The Hall–Kier alpha value is -1.89. The van der Waals surface area contributed by atoms with Crippen molar-refractivity contribution in [3.63, 3.8) is 0 Å². The molecule has 3 heterocycles. The molecule has 2 aromatic heterocycles. The molecule has 7 heteroatoms. The lowest BCUT2D eigenvalue weighted by Gasteiger charge is -2.31. The zero-order valence-corrected chi connectivity index (χ0v) is 10.0. The quantitative estimate of drug-likeness (QED) is 0.827. The predicted octanol–water partition coefficient (Wildman–Crippen LogP) is 0.635. The standard InChI is InChI=1S/C11H16N6O/c12-6-8-2-1-4-17(7-8)11-13-10(14-15-11)9-3-5-18-16-9/h3,5,8H,1-2,4,6-7,12H2,(H,13,14,15). The number of nitrogens with two attached hydrogens (primary N) is 1. The molecule has 7 nitrogen and oxygen atoms in total. The maximum atomic E-state index is 5.73. The fraction of sp³-hybridized carbons (Fsp3) is 0.545. The van der Waals surface area contributed by atoms with Gasteiger partial charge in [-0.25, -0.2) is 0 Å². The smallest absolute Gasteiger partial charge is 0.245 e. The molecule has 96 valence electrons. The third kappa shape index (κ3) is 2.08. The van der Waals surface area contributed by atoms with Crippen molar-refractivity contribution in [2.75, 3.05) is 24.5 Å². The van der Waals surface area contributed by atoms with Crippen LogP contribution in [0.5, 0.6) is 0 Å². The Balaban J connectivity index is 1.77. The molecule has 1 atom stereocenters. The van der Waals surface area contributed by atoms with E-state index < -0.39 is 0 Å². The summed E-state index contributed by atoms with van der Waals surface area (Å²) in [5.41, 5.74) is 6.40. The van der Waals surface area contributed by atoms with Crippen LogP contribution in [0.25, 0.3) is 11.5 Å². The number of nitrogens with one attached hydrogen (secondary N) is 1. The predicted molar refractivity (Wildman–Crippen MR) is 65.9 cm³/mol. The number of H-pyrrole nitrogens is 1. The van der Waals surface area contributed by atoms with Crippen molar-refractivity contribution in [1.82, 2.24) is 20.3 Å². The van der Waals surface area contributed by atoms with Gasteiger partial charge in [-0.1, -0.05) is 5.16 Å². The molecule has 1 fully saturated rings. The summed E-state index contributed by atoms with van der Waals surface area (Å²) in [5.74, 6) is 1.88. The van der Waals surface area contributed by atoms with Crippen molar-refractivity contribution in [3.8, 4) is 11.5 Å². The lowest BCUT2D eigenvalue weighted by Crippen LogP contribution is -2.38. The SMILES string of the molecule is NCC1CCCN(c2n[nH]c(-c3ccon3)n2)C1. The van der Waals surface area contributed by atoms with E-state index in [1.807, 2.05) is 0 Å². The van der Waals surface area contributed by atoms with Crippen LogP contribution in [0.3, 0.4) is 0 Å². The second-order valence-electron chi connectivity index (χ2n) is 4.56. The van der Waals surface area contributed by atoms with E-state index in [9.17, 15) is 0 Å². The second kappa shape index (κ2) is 4.77. The van der Waals surface area contributed by atoms with Crippen LogP contribution >= 0.6 is 0 Å². The van der Waals surface area contributed by atoms with Crippen molar-refractivity contribution in [3.05, 3.63) is 12.3 Å². The molecule has 1 unspecified atom stereocenters. The minimum atomic E-state index is 0.535. The Bertz CT molecular complexity index is 493. The number of aromatic amines is 1. The normalized spacial score (nSPS) is 20.3. The Morgan fingerprint density at radius 1 is 1.56 bits per heavy atom. The van der Waals surface area contributed by atoms with Crippen molar-refractivity contribution in [1.29, 1.82) is 0 Å². The number of hydrogen-bond donors (Lipinski definition) is 2. The summed E-state index contributed by atoms with van der Waals surface area (Å²) in [6.45, 7) is 2.62. The molecule has 0 aromatic carbocycles. The molecular formula is C11H16N6O. The van der Waals surface area contributed by atoms with Gasteiger partial charge in [0.25, 0.3) is 0 Å². The Morgan fingerprint density at radius 3 is 3.28 bits per heavy atom. The number of anilines is 1. The van der Waals surface area contributed by atoms with Crippen molar-refractivity contribution < 1.29 is 4.52 Å². The zero-order chi connectivity index (χ0) is 12.4. The number of nitrogens with zero attached hydrogens (tertiary/aromatic N) is 4.